The van der Waals surface area contributed by atoms with Gasteiger partial charge in [-0.25, -0.2) is 13.2 Å². The molecule has 126 valence electrons. The van der Waals surface area contributed by atoms with Crippen molar-refractivity contribution in [2.75, 3.05) is 11.5 Å². The highest BCUT2D eigenvalue weighted by molar-refractivity contribution is 7.91. The highest BCUT2D eigenvalue weighted by Gasteiger charge is 2.30. The summed E-state index contributed by atoms with van der Waals surface area (Å²) in [5.74, 6) is -1.08. The molecule has 1 fully saturated rings. The average Bonchev–Trinajstić information content (AvgIpc) is 3.02. The van der Waals surface area contributed by atoms with Crippen LogP contribution in [0.5, 0.6) is 0 Å². The van der Waals surface area contributed by atoms with E-state index in [-0.39, 0.29) is 11.5 Å². The number of aryl methyl sites for hydroxylation is 1. The van der Waals surface area contributed by atoms with E-state index in [0.717, 1.165) is 9.75 Å². The van der Waals surface area contributed by atoms with Gasteiger partial charge in [-0.15, -0.1) is 11.3 Å². The number of ether oxygens (including phenoxy) is 1. The van der Waals surface area contributed by atoms with Gasteiger partial charge in [0.15, 0.2) is 15.9 Å². The Morgan fingerprint density at radius 1 is 1.43 bits per heavy atom. The van der Waals surface area contributed by atoms with Crippen molar-refractivity contribution < 1.29 is 22.7 Å². The lowest BCUT2D eigenvalue weighted by molar-refractivity contribution is -0.150. The Morgan fingerprint density at radius 3 is 2.74 bits per heavy atom. The van der Waals surface area contributed by atoms with Gasteiger partial charge in [-0.2, -0.15) is 0 Å². The molecule has 2 atom stereocenters. The third-order valence-electron chi connectivity index (χ3n) is 3.39. The van der Waals surface area contributed by atoms with Crippen LogP contribution in [0.2, 0.25) is 0 Å². The SMILES string of the molecule is Cc1ccc(/C=C/C(=O)O[C@H](C)C(=O)N[C@@H]2CCS(=O)(=O)C2)s1. The average molecular weight is 357 g/mol. The van der Waals surface area contributed by atoms with Crippen LogP contribution in [-0.2, 0) is 24.2 Å². The zero-order valence-corrected chi connectivity index (χ0v) is 14.6. The fourth-order valence-corrected chi connectivity index (χ4v) is 4.64. The Balaban J connectivity index is 1.81. The Kier molecular flexibility index (Phi) is 5.59. The standard InChI is InChI=1S/C15H19NO5S2/c1-10-3-4-13(22-10)5-6-14(17)21-11(2)15(18)16-12-7-8-23(19,20)9-12/h3-6,11-12H,7-9H2,1-2H3,(H,16,18)/b6-5+/t11-,12-/m1/s1. The summed E-state index contributed by atoms with van der Waals surface area (Å²) in [7, 11) is -3.06. The zero-order valence-electron chi connectivity index (χ0n) is 12.9. The van der Waals surface area contributed by atoms with Crippen molar-refractivity contribution in [3.8, 4) is 0 Å². The van der Waals surface area contributed by atoms with Crippen molar-refractivity contribution in [3.05, 3.63) is 28.0 Å². The van der Waals surface area contributed by atoms with Gasteiger partial charge in [0.1, 0.15) is 0 Å². The van der Waals surface area contributed by atoms with E-state index in [0.29, 0.717) is 6.42 Å². The summed E-state index contributed by atoms with van der Waals surface area (Å²) in [5, 5.41) is 2.60. The number of carbonyl (C=O) groups is 2. The molecule has 1 saturated heterocycles. The zero-order chi connectivity index (χ0) is 17.0. The topological polar surface area (TPSA) is 89.5 Å². The number of rotatable bonds is 5. The number of thiophene rings is 1. The molecule has 23 heavy (non-hydrogen) atoms. The summed E-state index contributed by atoms with van der Waals surface area (Å²) >= 11 is 1.55. The second-order valence-corrected chi connectivity index (χ2v) is 9.02. The van der Waals surface area contributed by atoms with Crippen LogP contribution in [0.3, 0.4) is 0 Å². The molecule has 2 heterocycles. The first-order valence-corrected chi connectivity index (χ1v) is 9.85. The predicted octanol–water partition coefficient (Wildman–Crippen LogP) is 1.30. The molecule has 0 aromatic carbocycles. The van der Waals surface area contributed by atoms with Crippen molar-refractivity contribution >= 4 is 39.1 Å². The van der Waals surface area contributed by atoms with Gasteiger partial charge in [-0.05, 0) is 38.5 Å². The number of carbonyl (C=O) groups excluding carboxylic acids is 2. The molecule has 8 heteroatoms. The largest absolute Gasteiger partial charge is 0.449 e. The second kappa shape index (κ2) is 7.27. The molecule has 0 saturated carbocycles. The lowest BCUT2D eigenvalue weighted by atomic mass is 10.2. The van der Waals surface area contributed by atoms with Crippen molar-refractivity contribution in [2.45, 2.75) is 32.4 Å². The summed E-state index contributed by atoms with van der Waals surface area (Å²) in [6, 6.07) is 3.43. The summed E-state index contributed by atoms with van der Waals surface area (Å²) in [4.78, 5) is 25.7. The third-order valence-corrected chi connectivity index (χ3v) is 6.12. The van der Waals surface area contributed by atoms with E-state index in [1.54, 1.807) is 17.4 Å². The summed E-state index contributed by atoms with van der Waals surface area (Å²) in [6.07, 6.45) is 2.33. The van der Waals surface area contributed by atoms with Gasteiger partial charge >= 0.3 is 5.97 Å². The molecular formula is C15H19NO5S2. The molecular weight excluding hydrogens is 338 g/mol. The Hall–Kier alpha value is -1.67. The number of hydrogen-bond donors (Lipinski definition) is 1. The van der Waals surface area contributed by atoms with Crippen LogP contribution in [0.25, 0.3) is 6.08 Å². The molecule has 2 rings (SSSR count). The summed E-state index contributed by atoms with van der Waals surface area (Å²) in [6.45, 7) is 3.43. The van der Waals surface area contributed by atoms with Crippen LogP contribution < -0.4 is 5.32 Å². The predicted molar refractivity (Wildman–Crippen MR) is 88.8 cm³/mol. The van der Waals surface area contributed by atoms with Crippen molar-refractivity contribution in [1.82, 2.24) is 5.32 Å². The van der Waals surface area contributed by atoms with E-state index < -0.39 is 33.9 Å². The van der Waals surface area contributed by atoms with Crippen molar-refractivity contribution in [1.29, 1.82) is 0 Å². The maximum absolute atomic E-state index is 11.9. The van der Waals surface area contributed by atoms with Crippen LogP contribution in [0.1, 0.15) is 23.1 Å². The number of amides is 1. The normalized spacial score (nSPS) is 21.2. The number of esters is 1. The maximum atomic E-state index is 11.9. The second-order valence-electron chi connectivity index (χ2n) is 5.47. The summed E-state index contributed by atoms with van der Waals surface area (Å²) < 4.78 is 27.7. The fourth-order valence-electron chi connectivity index (χ4n) is 2.19. The van der Waals surface area contributed by atoms with E-state index in [1.165, 1.54) is 13.0 Å². The molecule has 1 amide bonds. The highest BCUT2D eigenvalue weighted by atomic mass is 32.2. The highest BCUT2D eigenvalue weighted by Crippen LogP contribution is 2.16. The first kappa shape index (κ1) is 17.7. The quantitative estimate of drug-likeness (QED) is 0.634. The van der Waals surface area contributed by atoms with Crippen molar-refractivity contribution in [3.63, 3.8) is 0 Å². The molecule has 6 nitrogen and oxygen atoms in total. The minimum Gasteiger partial charge on any atom is -0.449 e. The molecule has 1 aromatic rings. The first-order valence-electron chi connectivity index (χ1n) is 7.21. The molecule has 1 aromatic heterocycles. The van der Waals surface area contributed by atoms with Crippen molar-refractivity contribution in [2.24, 2.45) is 0 Å². The van der Waals surface area contributed by atoms with Gasteiger partial charge in [-0.3, -0.25) is 4.79 Å². The van der Waals surface area contributed by atoms with Gasteiger partial charge in [0.2, 0.25) is 0 Å². The molecule has 0 aliphatic carbocycles. The minimum atomic E-state index is -3.06. The molecule has 0 radical (unpaired) electrons. The number of hydrogen-bond acceptors (Lipinski definition) is 6. The maximum Gasteiger partial charge on any atom is 0.331 e. The van der Waals surface area contributed by atoms with Gasteiger partial charge in [0.05, 0.1) is 11.5 Å². The van der Waals surface area contributed by atoms with E-state index in [2.05, 4.69) is 5.32 Å². The van der Waals surface area contributed by atoms with Crippen LogP contribution in [0.4, 0.5) is 0 Å². The van der Waals surface area contributed by atoms with E-state index in [1.807, 2.05) is 19.1 Å². The third kappa shape index (κ3) is 5.47. The van der Waals surface area contributed by atoms with Gasteiger partial charge in [0.25, 0.3) is 5.91 Å². The molecule has 0 unspecified atom stereocenters. The fraction of sp³-hybridized carbons (Fsp3) is 0.467. The molecule has 1 N–H and O–H groups in total. The Labute approximate surface area is 139 Å². The Morgan fingerprint density at radius 2 is 2.17 bits per heavy atom. The van der Waals surface area contributed by atoms with E-state index >= 15 is 0 Å². The number of nitrogens with one attached hydrogen (secondary N) is 1. The minimum absolute atomic E-state index is 0.0585. The van der Waals surface area contributed by atoms with Crippen LogP contribution >= 0.6 is 11.3 Å². The van der Waals surface area contributed by atoms with Crippen LogP contribution in [0, 0.1) is 6.92 Å². The van der Waals surface area contributed by atoms with Crippen LogP contribution in [-0.4, -0.2) is 43.9 Å². The Bertz CT molecular complexity index is 720. The molecule has 0 bridgehead atoms. The van der Waals surface area contributed by atoms with Gasteiger partial charge < -0.3 is 10.1 Å². The summed E-state index contributed by atoms with van der Waals surface area (Å²) in [5.41, 5.74) is 0. The number of sulfone groups is 1. The smallest absolute Gasteiger partial charge is 0.331 e. The lowest BCUT2D eigenvalue weighted by Crippen LogP contribution is -2.42. The van der Waals surface area contributed by atoms with Crippen LogP contribution in [0.15, 0.2) is 18.2 Å². The van der Waals surface area contributed by atoms with Gasteiger partial charge in [0, 0.05) is 21.9 Å². The van der Waals surface area contributed by atoms with Gasteiger partial charge in [-0.1, -0.05) is 0 Å². The lowest BCUT2D eigenvalue weighted by Gasteiger charge is -2.15. The molecule has 1 aliphatic heterocycles. The molecule has 0 spiro atoms. The molecule has 1 aliphatic rings. The van der Waals surface area contributed by atoms with E-state index in [4.69, 9.17) is 4.74 Å². The monoisotopic (exact) mass is 357 g/mol. The first-order chi connectivity index (χ1) is 10.7. The van der Waals surface area contributed by atoms with E-state index in [9.17, 15) is 18.0 Å².